The first-order valence-corrected chi connectivity index (χ1v) is 7.25. The molecule has 0 amide bonds. The molecule has 0 radical (unpaired) electrons. The summed E-state index contributed by atoms with van der Waals surface area (Å²) in [5.41, 5.74) is 1.41. The minimum absolute atomic E-state index is 0.144. The van der Waals surface area contributed by atoms with Gasteiger partial charge in [-0.25, -0.2) is 0 Å². The van der Waals surface area contributed by atoms with E-state index >= 15 is 0 Å². The van der Waals surface area contributed by atoms with Crippen LogP contribution < -0.4 is 5.32 Å². The summed E-state index contributed by atoms with van der Waals surface area (Å²) in [4.78, 5) is 0. The molecule has 0 aliphatic heterocycles. The monoisotopic (exact) mass is 247 g/mol. The molecule has 0 spiro atoms. The van der Waals surface area contributed by atoms with Crippen molar-refractivity contribution >= 4 is 0 Å². The van der Waals surface area contributed by atoms with Crippen LogP contribution >= 0.6 is 0 Å². The number of aliphatic hydroxyl groups excluding tert-OH is 1. The molecule has 2 heteroatoms. The fourth-order valence-corrected chi connectivity index (χ4v) is 2.41. The fourth-order valence-electron chi connectivity index (χ4n) is 2.41. The smallest absolute Gasteiger partial charge is 0.0549 e. The number of benzene rings is 1. The van der Waals surface area contributed by atoms with Crippen molar-refractivity contribution < 1.29 is 5.11 Å². The van der Waals surface area contributed by atoms with Gasteiger partial charge in [-0.05, 0) is 50.1 Å². The van der Waals surface area contributed by atoms with E-state index in [0.29, 0.717) is 6.04 Å². The lowest BCUT2D eigenvalue weighted by atomic mass is 10.0. The topological polar surface area (TPSA) is 32.3 Å². The van der Waals surface area contributed by atoms with Crippen molar-refractivity contribution in [2.75, 3.05) is 6.54 Å². The maximum absolute atomic E-state index is 9.57. The summed E-state index contributed by atoms with van der Waals surface area (Å²) in [6.45, 7) is 2.97. The lowest BCUT2D eigenvalue weighted by molar-refractivity contribution is 0.158. The van der Waals surface area contributed by atoms with E-state index in [1.54, 1.807) is 0 Å². The van der Waals surface area contributed by atoms with Crippen LogP contribution in [0.15, 0.2) is 30.3 Å². The van der Waals surface area contributed by atoms with Crippen LogP contribution in [0.4, 0.5) is 0 Å². The van der Waals surface area contributed by atoms with E-state index < -0.39 is 0 Å². The number of rotatable bonds is 8. The first kappa shape index (κ1) is 13.6. The zero-order chi connectivity index (χ0) is 12.8. The Bertz CT molecular complexity index is 334. The zero-order valence-electron chi connectivity index (χ0n) is 11.3. The van der Waals surface area contributed by atoms with Gasteiger partial charge in [0, 0.05) is 6.04 Å². The molecule has 1 saturated carbocycles. The molecule has 0 saturated heterocycles. The summed E-state index contributed by atoms with van der Waals surface area (Å²) in [6.07, 6.45) is 5.42. The molecule has 2 N–H and O–H groups in total. The number of aliphatic hydroxyl groups is 1. The van der Waals surface area contributed by atoms with Gasteiger partial charge in [0.15, 0.2) is 0 Å². The molecule has 18 heavy (non-hydrogen) atoms. The summed E-state index contributed by atoms with van der Waals surface area (Å²) in [5.74, 6) is 0.851. The van der Waals surface area contributed by atoms with Crippen molar-refractivity contribution in [1.29, 1.82) is 0 Å². The average Bonchev–Trinajstić information content (AvgIpc) is 3.23. The summed E-state index contributed by atoms with van der Waals surface area (Å²) >= 11 is 0. The van der Waals surface area contributed by atoms with E-state index in [2.05, 4.69) is 35.6 Å². The van der Waals surface area contributed by atoms with E-state index in [1.165, 1.54) is 18.4 Å². The highest BCUT2D eigenvalue weighted by atomic mass is 16.3. The van der Waals surface area contributed by atoms with Crippen LogP contribution in [0.1, 0.15) is 38.2 Å². The Morgan fingerprint density at radius 3 is 2.61 bits per heavy atom. The highest BCUT2D eigenvalue weighted by Gasteiger charge is 2.30. The van der Waals surface area contributed by atoms with Gasteiger partial charge in [-0.15, -0.1) is 0 Å². The van der Waals surface area contributed by atoms with Crippen molar-refractivity contribution in [1.82, 2.24) is 5.32 Å². The van der Waals surface area contributed by atoms with Gasteiger partial charge in [0.25, 0.3) is 0 Å². The first-order valence-electron chi connectivity index (χ1n) is 7.25. The lowest BCUT2D eigenvalue weighted by Gasteiger charge is -2.19. The van der Waals surface area contributed by atoms with Gasteiger partial charge in [0.2, 0.25) is 0 Å². The van der Waals surface area contributed by atoms with Gasteiger partial charge >= 0.3 is 0 Å². The largest absolute Gasteiger partial charge is 0.393 e. The van der Waals surface area contributed by atoms with E-state index in [-0.39, 0.29) is 6.10 Å². The minimum atomic E-state index is -0.144. The van der Waals surface area contributed by atoms with Crippen LogP contribution in [0, 0.1) is 5.92 Å². The van der Waals surface area contributed by atoms with Crippen LogP contribution in [0.3, 0.4) is 0 Å². The molecule has 2 nitrogen and oxygen atoms in total. The summed E-state index contributed by atoms with van der Waals surface area (Å²) in [7, 11) is 0. The van der Waals surface area contributed by atoms with Crippen LogP contribution in [0.5, 0.6) is 0 Å². The van der Waals surface area contributed by atoms with Crippen molar-refractivity contribution in [2.24, 2.45) is 5.92 Å². The Balaban J connectivity index is 1.78. The van der Waals surface area contributed by atoms with Gasteiger partial charge in [0.1, 0.15) is 0 Å². The summed E-state index contributed by atoms with van der Waals surface area (Å²) in [5, 5.41) is 13.2. The third-order valence-electron chi connectivity index (χ3n) is 3.84. The van der Waals surface area contributed by atoms with Crippen molar-refractivity contribution in [3.63, 3.8) is 0 Å². The van der Waals surface area contributed by atoms with Crippen LogP contribution in [0.2, 0.25) is 0 Å². The molecule has 0 bridgehead atoms. The van der Waals surface area contributed by atoms with Crippen LogP contribution in [0.25, 0.3) is 0 Å². The maximum Gasteiger partial charge on any atom is 0.0549 e. The molecule has 100 valence electrons. The molecular weight excluding hydrogens is 222 g/mol. The highest BCUT2D eigenvalue weighted by Crippen LogP contribution is 2.34. The minimum Gasteiger partial charge on any atom is -0.393 e. The molecular formula is C16H25NO. The number of nitrogens with one attached hydrogen (secondary N) is 1. The maximum atomic E-state index is 9.57. The van der Waals surface area contributed by atoms with Gasteiger partial charge in [0.05, 0.1) is 6.10 Å². The lowest BCUT2D eigenvalue weighted by Crippen LogP contribution is -2.35. The molecule has 2 atom stereocenters. The fraction of sp³-hybridized carbons (Fsp3) is 0.625. The van der Waals surface area contributed by atoms with E-state index in [0.717, 1.165) is 31.7 Å². The molecule has 1 fully saturated rings. The molecule has 0 aromatic heterocycles. The average molecular weight is 247 g/mol. The van der Waals surface area contributed by atoms with Crippen molar-refractivity contribution in [2.45, 2.75) is 51.2 Å². The Morgan fingerprint density at radius 1 is 1.28 bits per heavy atom. The van der Waals surface area contributed by atoms with Gasteiger partial charge in [-0.1, -0.05) is 37.3 Å². The first-order chi connectivity index (χ1) is 8.79. The Morgan fingerprint density at radius 2 is 2.00 bits per heavy atom. The van der Waals surface area contributed by atoms with Gasteiger partial charge in [-0.2, -0.15) is 0 Å². The number of hydrogen-bond acceptors (Lipinski definition) is 2. The standard InChI is InChI=1S/C16H25NO/c1-2-15(18)10-11-17-16(14-8-9-14)12-13-6-4-3-5-7-13/h3-7,14-18H,2,8-12H2,1H3. The Kier molecular flexibility index (Phi) is 5.21. The molecule has 1 aromatic carbocycles. The third-order valence-corrected chi connectivity index (χ3v) is 3.84. The summed E-state index contributed by atoms with van der Waals surface area (Å²) < 4.78 is 0. The van der Waals surface area contributed by atoms with E-state index in [4.69, 9.17) is 0 Å². The predicted octanol–water partition coefficient (Wildman–Crippen LogP) is 2.76. The second-order valence-electron chi connectivity index (χ2n) is 5.44. The van der Waals surface area contributed by atoms with E-state index in [1.807, 2.05) is 6.92 Å². The molecule has 1 aliphatic carbocycles. The Labute approximate surface area is 110 Å². The third kappa shape index (κ3) is 4.43. The van der Waals surface area contributed by atoms with Gasteiger partial charge in [-0.3, -0.25) is 0 Å². The quantitative estimate of drug-likeness (QED) is 0.740. The zero-order valence-corrected chi connectivity index (χ0v) is 11.3. The molecule has 2 rings (SSSR count). The normalized spacial score (nSPS) is 18.6. The van der Waals surface area contributed by atoms with Crippen LogP contribution in [-0.4, -0.2) is 23.8 Å². The SMILES string of the molecule is CCC(O)CCNC(Cc1ccccc1)C1CC1. The number of hydrogen-bond donors (Lipinski definition) is 2. The molecule has 0 heterocycles. The molecule has 1 aromatic rings. The second-order valence-corrected chi connectivity index (χ2v) is 5.44. The van der Waals surface area contributed by atoms with Crippen molar-refractivity contribution in [3.05, 3.63) is 35.9 Å². The molecule has 1 aliphatic rings. The predicted molar refractivity (Wildman–Crippen MR) is 75.6 cm³/mol. The molecule has 2 unspecified atom stereocenters. The van der Waals surface area contributed by atoms with Crippen LogP contribution in [-0.2, 0) is 6.42 Å². The van der Waals surface area contributed by atoms with Crippen molar-refractivity contribution in [3.8, 4) is 0 Å². The highest BCUT2D eigenvalue weighted by molar-refractivity contribution is 5.16. The summed E-state index contributed by atoms with van der Waals surface area (Å²) in [6, 6.07) is 11.3. The van der Waals surface area contributed by atoms with Gasteiger partial charge < -0.3 is 10.4 Å². The second kappa shape index (κ2) is 6.91. The Hall–Kier alpha value is -0.860. The van der Waals surface area contributed by atoms with E-state index in [9.17, 15) is 5.11 Å².